The lowest BCUT2D eigenvalue weighted by Gasteiger charge is -2.18. The summed E-state index contributed by atoms with van der Waals surface area (Å²) < 4.78 is 1.74. The minimum atomic E-state index is -0.208. The molecule has 0 aliphatic heterocycles. The van der Waals surface area contributed by atoms with Crippen LogP contribution in [0.4, 0.5) is 11.4 Å². The lowest BCUT2D eigenvalue weighted by atomic mass is 10.2. The van der Waals surface area contributed by atoms with E-state index in [1.165, 1.54) is 0 Å². The van der Waals surface area contributed by atoms with Gasteiger partial charge in [-0.3, -0.25) is 9.36 Å². The number of imidazole rings is 1. The Morgan fingerprint density at radius 3 is 2.72 bits per heavy atom. The number of anilines is 2. The zero-order valence-corrected chi connectivity index (χ0v) is 13.8. The number of rotatable bonds is 6. The van der Waals surface area contributed by atoms with Crippen LogP contribution in [0, 0.1) is 0 Å². The van der Waals surface area contributed by atoms with Gasteiger partial charge in [0.1, 0.15) is 12.1 Å². The van der Waals surface area contributed by atoms with Gasteiger partial charge in [0.05, 0.1) is 6.61 Å². The first-order valence-electron chi connectivity index (χ1n) is 7.85. The Morgan fingerprint density at radius 1 is 1.24 bits per heavy atom. The molecule has 1 aromatic carbocycles. The quantitative estimate of drug-likeness (QED) is 0.718. The average Bonchev–Trinajstić information content (AvgIpc) is 3.17. The topological polar surface area (TPSA) is 83.3 Å². The van der Waals surface area contributed by atoms with Crippen molar-refractivity contribution in [3.05, 3.63) is 66.9 Å². The first-order chi connectivity index (χ1) is 12.2. The van der Waals surface area contributed by atoms with Gasteiger partial charge in [-0.25, -0.2) is 9.97 Å². The molecule has 25 heavy (non-hydrogen) atoms. The smallest absolute Gasteiger partial charge is 0.255 e. The third-order valence-electron chi connectivity index (χ3n) is 3.78. The summed E-state index contributed by atoms with van der Waals surface area (Å²) in [7, 11) is 1.90. The van der Waals surface area contributed by atoms with Crippen molar-refractivity contribution in [3.8, 4) is 5.82 Å². The zero-order chi connectivity index (χ0) is 17.6. The van der Waals surface area contributed by atoms with E-state index in [0.29, 0.717) is 23.6 Å². The molecule has 0 aliphatic carbocycles. The second kappa shape index (κ2) is 7.59. The van der Waals surface area contributed by atoms with Crippen LogP contribution in [-0.4, -0.2) is 45.7 Å². The number of hydrogen-bond donors (Lipinski definition) is 2. The highest BCUT2D eigenvalue weighted by molar-refractivity contribution is 6.04. The number of carbonyl (C=O) groups excluding carboxylic acids is 1. The van der Waals surface area contributed by atoms with Crippen molar-refractivity contribution in [2.24, 2.45) is 0 Å². The number of likely N-dealkylation sites (N-methyl/N-ethyl adjacent to an activating group) is 1. The van der Waals surface area contributed by atoms with Gasteiger partial charge in [0.15, 0.2) is 0 Å². The number of hydrogen-bond acceptors (Lipinski definition) is 5. The highest BCUT2D eigenvalue weighted by Crippen LogP contribution is 2.17. The van der Waals surface area contributed by atoms with Gasteiger partial charge in [-0.05, 0) is 36.4 Å². The lowest BCUT2D eigenvalue weighted by Crippen LogP contribution is -2.21. The van der Waals surface area contributed by atoms with Crippen molar-refractivity contribution in [3.63, 3.8) is 0 Å². The molecule has 2 heterocycles. The molecule has 0 saturated heterocycles. The number of aromatic nitrogens is 3. The second-order valence-corrected chi connectivity index (χ2v) is 5.52. The molecular formula is C18H19N5O2. The van der Waals surface area contributed by atoms with Crippen LogP contribution in [0.1, 0.15) is 10.4 Å². The minimum absolute atomic E-state index is 0.0935. The molecule has 3 aromatic rings. The summed E-state index contributed by atoms with van der Waals surface area (Å²) in [6.07, 6.45) is 6.65. The van der Waals surface area contributed by atoms with Crippen molar-refractivity contribution in [2.75, 3.05) is 30.4 Å². The van der Waals surface area contributed by atoms with E-state index in [9.17, 15) is 4.79 Å². The minimum Gasteiger partial charge on any atom is -0.395 e. The molecule has 128 valence electrons. The third-order valence-corrected chi connectivity index (χ3v) is 3.78. The summed E-state index contributed by atoms with van der Waals surface area (Å²) in [4.78, 5) is 22.6. The molecule has 0 saturated carbocycles. The van der Waals surface area contributed by atoms with Crippen molar-refractivity contribution < 1.29 is 9.90 Å². The SMILES string of the molecule is CN(CCO)c1ccc(NC(=O)c2ccnc(-n3ccnc3)c2)cc1. The molecule has 1 amide bonds. The van der Waals surface area contributed by atoms with E-state index in [1.807, 2.05) is 36.2 Å². The molecule has 7 heteroatoms. The van der Waals surface area contributed by atoms with Crippen LogP contribution in [0.15, 0.2) is 61.3 Å². The van der Waals surface area contributed by atoms with Crippen molar-refractivity contribution >= 4 is 17.3 Å². The lowest BCUT2D eigenvalue weighted by molar-refractivity contribution is 0.102. The number of carbonyl (C=O) groups is 1. The van der Waals surface area contributed by atoms with E-state index >= 15 is 0 Å². The first-order valence-corrected chi connectivity index (χ1v) is 7.85. The van der Waals surface area contributed by atoms with Gasteiger partial charge in [-0.1, -0.05) is 0 Å². The van der Waals surface area contributed by atoms with Gasteiger partial charge >= 0.3 is 0 Å². The monoisotopic (exact) mass is 337 g/mol. The predicted octanol–water partition coefficient (Wildman–Crippen LogP) is 1.95. The molecule has 0 fully saturated rings. The molecule has 0 unspecified atom stereocenters. The molecule has 0 aliphatic rings. The number of nitrogens with one attached hydrogen (secondary N) is 1. The number of pyridine rings is 1. The Labute approximate surface area is 145 Å². The molecule has 0 spiro atoms. The van der Waals surface area contributed by atoms with E-state index in [1.54, 1.807) is 41.6 Å². The van der Waals surface area contributed by atoms with E-state index in [-0.39, 0.29) is 12.5 Å². The summed E-state index contributed by atoms with van der Waals surface area (Å²) >= 11 is 0. The van der Waals surface area contributed by atoms with Crippen molar-refractivity contribution in [1.82, 2.24) is 14.5 Å². The van der Waals surface area contributed by atoms with Crippen LogP contribution in [0.3, 0.4) is 0 Å². The molecule has 3 rings (SSSR count). The van der Waals surface area contributed by atoms with Gasteiger partial charge in [0.2, 0.25) is 0 Å². The highest BCUT2D eigenvalue weighted by Gasteiger charge is 2.09. The largest absolute Gasteiger partial charge is 0.395 e. The fourth-order valence-electron chi connectivity index (χ4n) is 2.38. The van der Waals surface area contributed by atoms with Crippen LogP contribution in [-0.2, 0) is 0 Å². The Balaban J connectivity index is 1.71. The summed E-state index contributed by atoms with van der Waals surface area (Å²) in [5, 5.41) is 11.8. The first kappa shape index (κ1) is 16.7. The predicted molar refractivity (Wildman–Crippen MR) is 96.1 cm³/mol. The maximum atomic E-state index is 12.4. The number of benzene rings is 1. The fraction of sp³-hybridized carbons (Fsp3) is 0.167. The highest BCUT2D eigenvalue weighted by atomic mass is 16.3. The zero-order valence-electron chi connectivity index (χ0n) is 13.8. The van der Waals surface area contributed by atoms with E-state index in [0.717, 1.165) is 5.69 Å². The number of amides is 1. The molecule has 0 atom stereocenters. The Morgan fingerprint density at radius 2 is 2.04 bits per heavy atom. The molecule has 7 nitrogen and oxygen atoms in total. The molecule has 0 radical (unpaired) electrons. The van der Waals surface area contributed by atoms with Gasteiger partial charge in [-0.2, -0.15) is 0 Å². The van der Waals surface area contributed by atoms with Crippen LogP contribution in [0.2, 0.25) is 0 Å². The van der Waals surface area contributed by atoms with Crippen LogP contribution in [0.25, 0.3) is 5.82 Å². The molecule has 2 N–H and O–H groups in total. The van der Waals surface area contributed by atoms with Gasteiger partial charge < -0.3 is 15.3 Å². The third kappa shape index (κ3) is 4.02. The van der Waals surface area contributed by atoms with E-state index in [2.05, 4.69) is 15.3 Å². The summed E-state index contributed by atoms with van der Waals surface area (Å²) in [6.45, 7) is 0.649. The van der Waals surface area contributed by atoms with Gasteiger partial charge in [-0.15, -0.1) is 0 Å². The van der Waals surface area contributed by atoms with Crippen LogP contribution < -0.4 is 10.2 Å². The standard InChI is InChI=1S/C18H19N5O2/c1-22(10-11-24)16-4-2-15(3-5-16)21-18(25)14-6-7-20-17(12-14)23-9-8-19-13-23/h2-9,12-13,24H,10-11H2,1H3,(H,21,25). The van der Waals surface area contributed by atoms with Gasteiger partial charge in [0.25, 0.3) is 5.91 Å². The number of aliphatic hydroxyl groups excluding tert-OH is 1. The Kier molecular flexibility index (Phi) is 5.06. The normalized spacial score (nSPS) is 10.5. The van der Waals surface area contributed by atoms with E-state index < -0.39 is 0 Å². The number of nitrogens with zero attached hydrogens (tertiary/aromatic N) is 4. The summed E-state index contributed by atoms with van der Waals surface area (Å²) in [5.74, 6) is 0.423. The average molecular weight is 337 g/mol. The second-order valence-electron chi connectivity index (χ2n) is 5.52. The van der Waals surface area contributed by atoms with Crippen molar-refractivity contribution in [2.45, 2.75) is 0 Å². The summed E-state index contributed by atoms with van der Waals surface area (Å²) in [5.41, 5.74) is 2.19. The van der Waals surface area contributed by atoms with Crippen molar-refractivity contribution in [1.29, 1.82) is 0 Å². The molecule has 2 aromatic heterocycles. The Hall–Kier alpha value is -3.19. The van der Waals surface area contributed by atoms with Gasteiger partial charge in [0, 0.05) is 49.1 Å². The molecular weight excluding hydrogens is 318 g/mol. The van der Waals surface area contributed by atoms with E-state index in [4.69, 9.17) is 5.11 Å². The maximum absolute atomic E-state index is 12.4. The fourth-order valence-corrected chi connectivity index (χ4v) is 2.38. The molecule has 0 bridgehead atoms. The van der Waals surface area contributed by atoms with Crippen LogP contribution >= 0.6 is 0 Å². The summed E-state index contributed by atoms with van der Waals surface area (Å²) in [6, 6.07) is 10.8. The maximum Gasteiger partial charge on any atom is 0.255 e. The Bertz CT molecular complexity index is 831. The van der Waals surface area contributed by atoms with Crippen LogP contribution in [0.5, 0.6) is 0 Å². The number of aliphatic hydroxyl groups is 1.